The van der Waals surface area contributed by atoms with Gasteiger partial charge in [0, 0.05) is 13.7 Å². The molecule has 108 valence electrons. The largest absolute Gasteiger partial charge is 0.394 e. The summed E-state index contributed by atoms with van der Waals surface area (Å²) in [5.41, 5.74) is 0.369. The van der Waals surface area contributed by atoms with Crippen molar-refractivity contribution < 1.29 is 9.84 Å². The lowest BCUT2D eigenvalue weighted by molar-refractivity contribution is 0.153. The van der Waals surface area contributed by atoms with Crippen LogP contribution in [-0.4, -0.2) is 41.3 Å². The van der Waals surface area contributed by atoms with Crippen LogP contribution in [0.1, 0.15) is 13.8 Å². The van der Waals surface area contributed by atoms with E-state index in [4.69, 9.17) is 4.74 Å². The van der Waals surface area contributed by atoms with Crippen molar-refractivity contribution in [2.24, 2.45) is 5.92 Å². The summed E-state index contributed by atoms with van der Waals surface area (Å²) in [6, 6.07) is -0.275. The van der Waals surface area contributed by atoms with Gasteiger partial charge in [0.2, 0.25) is 0 Å². The van der Waals surface area contributed by atoms with E-state index in [-0.39, 0.29) is 18.2 Å². The van der Waals surface area contributed by atoms with Gasteiger partial charge in [0.05, 0.1) is 31.1 Å². The normalized spacial score (nSPS) is 12.7. The zero-order valence-corrected chi connectivity index (χ0v) is 13.0. The molecule has 6 nitrogen and oxygen atoms in total. The van der Waals surface area contributed by atoms with Gasteiger partial charge < -0.3 is 15.2 Å². The summed E-state index contributed by atoms with van der Waals surface area (Å²) < 4.78 is 6.81. The second-order valence-electron chi connectivity index (χ2n) is 4.73. The molecule has 0 fully saturated rings. The number of aromatic nitrogens is 2. The van der Waals surface area contributed by atoms with Crippen LogP contribution in [0.4, 0.5) is 5.69 Å². The first kappa shape index (κ1) is 16.1. The van der Waals surface area contributed by atoms with Crippen LogP contribution < -0.4 is 10.9 Å². The van der Waals surface area contributed by atoms with Crippen molar-refractivity contribution >= 4 is 21.6 Å². The zero-order valence-electron chi connectivity index (χ0n) is 11.4. The van der Waals surface area contributed by atoms with E-state index >= 15 is 0 Å². The summed E-state index contributed by atoms with van der Waals surface area (Å²) in [5.74, 6) is 0.342. The molecule has 0 radical (unpaired) electrons. The summed E-state index contributed by atoms with van der Waals surface area (Å²) in [4.78, 5) is 12.1. The summed E-state index contributed by atoms with van der Waals surface area (Å²) in [7, 11) is 1.55. The molecule has 1 unspecified atom stereocenters. The van der Waals surface area contributed by atoms with Crippen LogP contribution in [0.3, 0.4) is 0 Å². The Hall–Kier alpha value is -0.920. The van der Waals surface area contributed by atoms with Crippen LogP contribution in [0.25, 0.3) is 0 Å². The van der Waals surface area contributed by atoms with E-state index in [9.17, 15) is 9.90 Å². The van der Waals surface area contributed by atoms with E-state index < -0.39 is 0 Å². The van der Waals surface area contributed by atoms with Crippen molar-refractivity contribution in [1.29, 1.82) is 0 Å². The summed E-state index contributed by atoms with van der Waals surface area (Å²) >= 11 is 3.27. The zero-order chi connectivity index (χ0) is 14.4. The Kier molecular flexibility index (Phi) is 6.47. The minimum absolute atomic E-state index is 0.0879. The molecule has 0 aliphatic heterocycles. The van der Waals surface area contributed by atoms with Crippen molar-refractivity contribution in [1.82, 2.24) is 9.78 Å². The van der Waals surface area contributed by atoms with Crippen LogP contribution in [0.5, 0.6) is 0 Å². The molecule has 19 heavy (non-hydrogen) atoms. The molecule has 1 heterocycles. The number of rotatable bonds is 7. The van der Waals surface area contributed by atoms with Crippen LogP contribution in [0.15, 0.2) is 15.5 Å². The molecule has 0 bridgehead atoms. The Balaban J connectivity index is 2.92. The molecule has 2 N–H and O–H groups in total. The monoisotopic (exact) mass is 333 g/mol. The van der Waals surface area contributed by atoms with Crippen LogP contribution >= 0.6 is 15.9 Å². The third-order valence-electron chi connectivity index (χ3n) is 2.47. The Morgan fingerprint density at radius 2 is 2.26 bits per heavy atom. The van der Waals surface area contributed by atoms with Crippen molar-refractivity contribution in [3.63, 3.8) is 0 Å². The molecule has 0 aromatic carbocycles. The maximum absolute atomic E-state index is 12.1. The molecule has 0 saturated heterocycles. The fourth-order valence-corrected chi connectivity index (χ4v) is 2.02. The Morgan fingerprint density at radius 3 is 2.79 bits per heavy atom. The summed E-state index contributed by atoms with van der Waals surface area (Å²) in [6.07, 6.45) is 1.58. The topological polar surface area (TPSA) is 76.4 Å². The van der Waals surface area contributed by atoms with E-state index in [1.54, 1.807) is 13.3 Å². The maximum atomic E-state index is 12.1. The smallest absolute Gasteiger partial charge is 0.283 e. The van der Waals surface area contributed by atoms with E-state index in [0.29, 0.717) is 29.2 Å². The fourth-order valence-electron chi connectivity index (χ4n) is 1.60. The molecule has 1 aromatic heterocycles. The van der Waals surface area contributed by atoms with Gasteiger partial charge in [-0.05, 0) is 21.8 Å². The van der Waals surface area contributed by atoms with Crippen LogP contribution in [0, 0.1) is 5.92 Å². The lowest BCUT2D eigenvalue weighted by Gasteiger charge is -2.18. The highest BCUT2D eigenvalue weighted by Crippen LogP contribution is 2.17. The highest BCUT2D eigenvalue weighted by Gasteiger charge is 2.13. The standard InChI is InChI=1S/C12H20BrN3O3/c1-8(2)5-16-12(18)11(13)10(4-14-16)15-9(6-17)7-19-3/h4,8-9,15,17H,5-7H2,1-3H3. The van der Waals surface area contributed by atoms with E-state index in [2.05, 4.69) is 26.3 Å². The van der Waals surface area contributed by atoms with Gasteiger partial charge >= 0.3 is 0 Å². The predicted octanol–water partition coefficient (Wildman–Crippen LogP) is 1.08. The average Bonchev–Trinajstić information content (AvgIpc) is 2.37. The van der Waals surface area contributed by atoms with Gasteiger partial charge in [-0.1, -0.05) is 13.8 Å². The number of ether oxygens (including phenoxy) is 1. The number of hydrogen-bond acceptors (Lipinski definition) is 5. The minimum atomic E-state index is -0.275. The van der Waals surface area contributed by atoms with Gasteiger partial charge in [-0.25, -0.2) is 4.68 Å². The Bertz CT molecular complexity index is 462. The van der Waals surface area contributed by atoms with Gasteiger partial charge in [-0.15, -0.1) is 0 Å². The van der Waals surface area contributed by atoms with E-state index in [0.717, 1.165) is 0 Å². The minimum Gasteiger partial charge on any atom is -0.394 e. The van der Waals surface area contributed by atoms with Crippen molar-refractivity contribution in [3.8, 4) is 0 Å². The van der Waals surface area contributed by atoms with Crippen molar-refractivity contribution in [2.75, 3.05) is 25.6 Å². The highest BCUT2D eigenvalue weighted by atomic mass is 79.9. The molecule has 0 aliphatic rings. The molecular weight excluding hydrogens is 314 g/mol. The summed E-state index contributed by atoms with van der Waals surface area (Å²) in [6.45, 7) is 4.87. The van der Waals surface area contributed by atoms with Gasteiger partial charge in [0.1, 0.15) is 4.47 Å². The van der Waals surface area contributed by atoms with Gasteiger partial charge in [0.25, 0.3) is 5.56 Å². The third kappa shape index (κ3) is 4.59. The lowest BCUT2D eigenvalue weighted by Crippen LogP contribution is -2.32. The predicted molar refractivity (Wildman–Crippen MR) is 77.4 cm³/mol. The number of nitrogens with one attached hydrogen (secondary N) is 1. The number of methoxy groups -OCH3 is 1. The first-order valence-corrected chi connectivity index (χ1v) is 6.90. The van der Waals surface area contributed by atoms with Gasteiger partial charge in [-0.2, -0.15) is 5.10 Å². The number of aliphatic hydroxyl groups excluding tert-OH is 1. The average molecular weight is 334 g/mol. The van der Waals surface area contributed by atoms with Crippen molar-refractivity contribution in [3.05, 3.63) is 21.0 Å². The van der Waals surface area contributed by atoms with Gasteiger partial charge in [0.15, 0.2) is 0 Å². The molecular formula is C12H20BrN3O3. The number of halogens is 1. The molecule has 0 aliphatic carbocycles. The molecule has 0 saturated carbocycles. The number of anilines is 1. The van der Waals surface area contributed by atoms with Crippen LogP contribution in [-0.2, 0) is 11.3 Å². The lowest BCUT2D eigenvalue weighted by atomic mass is 10.2. The molecule has 1 atom stereocenters. The quantitative estimate of drug-likeness (QED) is 0.780. The first-order valence-electron chi connectivity index (χ1n) is 6.11. The first-order chi connectivity index (χ1) is 8.99. The van der Waals surface area contributed by atoms with Crippen LogP contribution in [0.2, 0.25) is 0 Å². The fraction of sp³-hybridized carbons (Fsp3) is 0.667. The third-order valence-corrected chi connectivity index (χ3v) is 3.24. The molecule has 1 aromatic rings. The molecule has 7 heteroatoms. The second-order valence-corrected chi connectivity index (χ2v) is 5.53. The Morgan fingerprint density at radius 1 is 1.58 bits per heavy atom. The van der Waals surface area contributed by atoms with Crippen molar-refractivity contribution in [2.45, 2.75) is 26.4 Å². The number of aliphatic hydroxyl groups is 1. The molecule has 1 rings (SSSR count). The highest BCUT2D eigenvalue weighted by molar-refractivity contribution is 9.10. The van der Waals surface area contributed by atoms with E-state index in [1.807, 2.05) is 13.8 Å². The number of nitrogens with zero attached hydrogens (tertiary/aromatic N) is 2. The SMILES string of the molecule is COCC(CO)Nc1cnn(CC(C)C)c(=O)c1Br. The molecule has 0 amide bonds. The maximum Gasteiger partial charge on any atom is 0.283 e. The van der Waals surface area contributed by atoms with Gasteiger partial charge in [-0.3, -0.25) is 4.79 Å². The summed E-state index contributed by atoms with van der Waals surface area (Å²) in [5, 5.41) is 16.3. The molecule has 0 spiro atoms. The van der Waals surface area contributed by atoms with E-state index in [1.165, 1.54) is 4.68 Å². The number of hydrogen-bond donors (Lipinski definition) is 2. The second kappa shape index (κ2) is 7.62. The Labute approximate surface area is 120 Å².